The van der Waals surface area contributed by atoms with Gasteiger partial charge in [-0.2, -0.15) is 0 Å². The first-order valence-electron chi connectivity index (χ1n) is 5.51. The smallest absolute Gasteiger partial charge is 0.219 e. The van der Waals surface area contributed by atoms with Crippen LogP contribution in [-0.2, 0) is 4.79 Å². The fourth-order valence-electron chi connectivity index (χ4n) is 2.35. The molecule has 2 N–H and O–H groups in total. The van der Waals surface area contributed by atoms with Crippen molar-refractivity contribution in [3.05, 3.63) is 0 Å². The molecule has 0 spiro atoms. The minimum atomic E-state index is 0.205. The lowest BCUT2D eigenvalue weighted by Gasteiger charge is -2.44. The number of hydrogen-bond donors (Lipinski definition) is 1. The van der Waals surface area contributed by atoms with Crippen LogP contribution in [0.2, 0.25) is 0 Å². The van der Waals surface area contributed by atoms with Crippen molar-refractivity contribution in [2.75, 3.05) is 19.6 Å². The molecular formula is C11H22N2O. The van der Waals surface area contributed by atoms with E-state index in [1.54, 1.807) is 6.92 Å². The third-order valence-electron chi connectivity index (χ3n) is 3.32. The summed E-state index contributed by atoms with van der Waals surface area (Å²) in [5, 5.41) is 0. The quantitative estimate of drug-likeness (QED) is 0.735. The van der Waals surface area contributed by atoms with Gasteiger partial charge in [-0.15, -0.1) is 0 Å². The van der Waals surface area contributed by atoms with Crippen LogP contribution in [0.4, 0.5) is 0 Å². The summed E-state index contributed by atoms with van der Waals surface area (Å²) in [5.41, 5.74) is 5.60. The van der Waals surface area contributed by atoms with Crippen molar-refractivity contribution in [1.82, 2.24) is 4.90 Å². The summed E-state index contributed by atoms with van der Waals surface area (Å²) < 4.78 is 0. The molecule has 14 heavy (non-hydrogen) atoms. The number of amides is 1. The summed E-state index contributed by atoms with van der Waals surface area (Å²) in [6.07, 6.45) is 1.09. The van der Waals surface area contributed by atoms with Gasteiger partial charge in [0.05, 0.1) is 0 Å². The summed E-state index contributed by atoms with van der Waals surface area (Å²) in [6.45, 7) is 8.78. The molecule has 0 aromatic rings. The zero-order valence-corrected chi connectivity index (χ0v) is 9.49. The molecule has 3 heteroatoms. The largest absolute Gasteiger partial charge is 0.342 e. The average Bonchev–Trinajstić information content (AvgIpc) is 1.99. The Balaban J connectivity index is 2.38. The van der Waals surface area contributed by atoms with Gasteiger partial charge in [-0.25, -0.2) is 0 Å². The number of nitrogens with two attached hydrogens (primary N) is 1. The van der Waals surface area contributed by atoms with Crippen LogP contribution in [0.25, 0.3) is 0 Å². The molecule has 0 saturated carbocycles. The van der Waals surface area contributed by atoms with Crippen molar-refractivity contribution >= 4 is 5.91 Å². The molecule has 1 aliphatic rings. The summed E-state index contributed by atoms with van der Waals surface area (Å²) >= 11 is 0. The van der Waals surface area contributed by atoms with Gasteiger partial charge < -0.3 is 10.6 Å². The zero-order chi connectivity index (χ0) is 10.7. The molecular weight excluding hydrogens is 176 g/mol. The third-order valence-corrected chi connectivity index (χ3v) is 3.32. The van der Waals surface area contributed by atoms with Gasteiger partial charge in [0, 0.05) is 20.0 Å². The van der Waals surface area contributed by atoms with Crippen molar-refractivity contribution in [3.63, 3.8) is 0 Å². The highest BCUT2D eigenvalue weighted by molar-refractivity contribution is 5.74. The Morgan fingerprint density at radius 1 is 1.50 bits per heavy atom. The predicted molar refractivity (Wildman–Crippen MR) is 57.7 cm³/mol. The van der Waals surface area contributed by atoms with Gasteiger partial charge in [-0.1, -0.05) is 13.8 Å². The van der Waals surface area contributed by atoms with Gasteiger partial charge in [0.15, 0.2) is 0 Å². The summed E-state index contributed by atoms with van der Waals surface area (Å²) in [4.78, 5) is 12.9. The predicted octanol–water partition coefficient (Wildman–Crippen LogP) is 1.09. The Morgan fingerprint density at radius 2 is 2.07 bits per heavy atom. The molecule has 1 aliphatic heterocycles. The summed E-state index contributed by atoms with van der Waals surface area (Å²) in [5.74, 6) is 2.26. The molecule has 0 aromatic carbocycles. The number of nitrogens with zero attached hydrogens (tertiary/aromatic N) is 1. The molecule has 1 rings (SSSR count). The molecule has 3 nitrogen and oxygen atoms in total. The number of rotatable bonds is 4. The van der Waals surface area contributed by atoms with E-state index in [2.05, 4.69) is 13.8 Å². The van der Waals surface area contributed by atoms with E-state index in [1.165, 1.54) is 0 Å². The minimum Gasteiger partial charge on any atom is -0.342 e. The van der Waals surface area contributed by atoms with E-state index < -0.39 is 0 Å². The SMILES string of the molecule is CC(=O)N1CC(C(CCN)C(C)C)C1. The van der Waals surface area contributed by atoms with Crippen LogP contribution in [0.3, 0.4) is 0 Å². The molecule has 0 bridgehead atoms. The highest BCUT2D eigenvalue weighted by atomic mass is 16.2. The van der Waals surface area contributed by atoms with E-state index in [9.17, 15) is 4.79 Å². The maximum Gasteiger partial charge on any atom is 0.219 e. The van der Waals surface area contributed by atoms with Crippen molar-refractivity contribution < 1.29 is 4.79 Å². The molecule has 0 radical (unpaired) electrons. The Labute approximate surface area is 86.6 Å². The Morgan fingerprint density at radius 3 is 2.43 bits per heavy atom. The average molecular weight is 198 g/mol. The van der Waals surface area contributed by atoms with Crippen LogP contribution in [0.15, 0.2) is 0 Å². The van der Waals surface area contributed by atoms with Crippen LogP contribution in [-0.4, -0.2) is 30.4 Å². The first kappa shape index (κ1) is 11.5. The molecule has 0 aliphatic carbocycles. The molecule has 1 fully saturated rings. The van der Waals surface area contributed by atoms with Crippen LogP contribution in [0, 0.1) is 17.8 Å². The lowest BCUT2D eigenvalue weighted by Crippen LogP contribution is -2.53. The Kier molecular flexibility index (Phi) is 3.93. The van der Waals surface area contributed by atoms with Gasteiger partial charge in [0.2, 0.25) is 5.91 Å². The van der Waals surface area contributed by atoms with Gasteiger partial charge in [-0.05, 0) is 30.7 Å². The normalized spacial score (nSPS) is 19.6. The van der Waals surface area contributed by atoms with Gasteiger partial charge >= 0.3 is 0 Å². The second-order valence-electron chi connectivity index (χ2n) is 4.67. The van der Waals surface area contributed by atoms with E-state index in [0.29, 0.717) is 17.8 Å². The summed E-state index contributed by atoms with van der Waals surface area (Å²) in [7, 11) is 0. The monoisotopic (exact) mass is 198 g/mol. The number of hydrogen-bond acceptors (Lipinski definition) is 2. The van der Waals surface area contributed by atoms with Crippen LogP contribution in [0.1, 0.15) is 27.2 Å². The van der Waals surface area contributed by atoms with Gasteiger partial charge in [-0.3, -0.25) is 4.79 Å². The second kappa shape index (κ2) is 4.78. The van der Waals surface area contributed by atoms with Gasteiger partial charge in [0.1, 0.15) is 0 Å². The summed E-state index contributed by atoms with van der Waals surface area (Å²) in [6, 6.07) is 0. The molecule has 1 amide bonds. The fourth-order valence-corrected chi connectivity index (χ4v) is 2.35. The number of carbonyl (C=O) groups is 1. The first-order valence-corrected chi connectivity index (χ1v) is 5.51. The topological polar surface area (TPSA) is 46.3 Å². The highest BCUT2D eigenvalue weighted by Gasteiger charge is 2.35. The third kappa shape index (κ3) is 2.47. The van der Waals surface area contributed by atoms with E-state index >= 15 is 0 Å². The first-order chi connectivity index (χ1) is 6.56. The molecule has 1 atom stereocenters. The standard InChI is InChI=1S/C11H22N2O/c1-8(2)11(4-5-12)10-6-13(7-10)9(3)14/h8,10-11H,4-7,12H2,1-3H3. The highest BCUT2D eigenvalue weighted by Crippen LogP contribution is 2.31. The lowest BCUT2D eigenvalue weighted by molar-refractivity contribution is -0.137. The zero-order valence-electron chi connectivity index (χ0n) is 9.49. The van der Waals surface area contributed by atoms with Crippen molar-refractivity contribution in [2.45, 2.75) is 27.2 Å². The van der Waals surface area contributed by atoms with Crippen LogP contribution < -0.4 is 5.73 Å². The fraction of sp³-hybridized carbons (Fsp3) is 0.909. The molecule has 1 heterocycles. The molecule has 1 unspecified atom stereocenters. The van der Waals surface area contributed by atoms with Crippen molar-refractivity contribution in [1.29, 1.82) is 0 Å². The van der Waals surface area contributed by atoms with Crippen molar-refractivity contribution in [2.24, 2.45) is 23.5 Å². The van der Waals surface area contributed by atoms with E-state index in [-0.39, 0.29) is 5.91 Å². The second-order valence-corrected chi connectivity index (χ2v) is 4.67. The number of carbonyl (C=O) groups excluding carboxylic acids is 1. The van der Waals surface area contributed by atoms with Crippen LogP contribution >= 0.6 is 0 Å². The maximum atomic E-state index is 11.0. The van der Waals surface area contributed by atoms with E-state index in [0.717, 1.165) is 26.1 Å². The minimum absolute atomic E-state index is 0.205. The number of likely N-dealkylation sites (tertiary alicyclic amines) is 1. The van der Waals surface area contributed by atoms with E-state index in [1.807, 2.05) is 4.90 Å². The van der Waals surface area contributed by atoms with Crippen LogP contribution in [0.5, 0.6) is 0 Å². The Hall–Kier alpha value is -0.570. The molecule has 82 valence electrons. The molecule has 1 saturated heterocycles. The van der Waals surface area contributed by atoms with E-state index in [4.69, 9.17) is 5.73 Å². The maximum absolute atomic E-state index is 11.0. The van der Waals surface area contributed by atoms with Gasteiger partial charge in [0.25, 0.3) is 0 Å². The lowest BCUT2D eigenvalue weighted by atomic mass is 9.77. The molecule has 0 aromatic heterocycles. The van der Waals surface area contributed by atoms with Crippen molar-refractivity contribution in [3.8, 4) is 0 Å². The Bertz CT molecular complexity index is 197.